The van der Waals surface area contributed by atoms with E-state index in [1.54, 1.807) is 0 Å². The van der Waals surface area contributed by atoms with E-state index in [9.17, 15) is 4.57 Å². The van der Waals surface area contributed by atoms with Crippen molar-refractivity contribution in [2.24, 2.45) is 4.99 Å². The lowest BCUT2D eigenvalue weighted by Gasteiger charge is -2.39. The number of nitrogens with one attached hydrogen (secondary N) is 1. The van der Waals surface area contributed by atoms with Gasteiger partial charge >= 0.3 is 7.60 Å². The van der Waals surface area contributed by atoms with Gasteiger partial charge in [-0.25, -0.2) is 4.99 Å². The van der Waals surface area contributed by atoms with Gasteiger partial charge in [0.25, 0.3) is 0 Å². The van der Waals surface area contributed by atoms with Gasteiger partial charge in [0.1, 0.15) is 0 Å². The Morgan fingerprint density at radius 3 is 1.91 bits per heavy atom. The van der Waals surface area contributed by atoms with Gasteiger partial charge < -0.3 is 14.4 Å². The lowest BCUT2D eigenvalue weighted by molar-refractivity contribution is 0.134. The Labute approximate surface area is 190 Å². The zero-order valence-electron chi connectivity index (χ0n) is 18.9. The SMILES string of the molecule is CC(C)OP(=O)(OC(C)C)C1(c2ccccc2)Nc2ccccc2C1=Nc1ccccc1. The van der Waals surface area contributed by atoms with Crippen LogP contribution < -0.4 is 5.32 Å². The summed E-state index contributed by atoms with van der Waals surface area (Å²) in [5.41, 5.74) is 3.87. The predicted octanol–water partition coefficient (Wildman–Crippen LogP) is 7.13. The fourth-order valence-electron chi connectivity index (χ4n) is 4.00. The minimum atomic E-state index is -3.85. The number of rotatable bonds is 7. The van der Waals surface area contributed by atoms with E-state index in [0.29, 0.717) is 5.71 Å². The summed E-state index contributed by atoms with van der Waals surface area (Å²) in [5, 5.41) is 2.24. The Balaban J connectivity index is 2.07. The Morgan fingerprint density at radius 2 is 1.31 bits per heavy atom. The molecule has 32 heavy (non-hydrogen) atoms. The van der Waals surface area contributed by atoms with Crippen molar-refractivity contribution in [1.82, 2.24) is 0 Å². The van der Waals surface area contributed by atoms with Crippen LogP contribution in [0.25, 0.3) is 0 Å². The molecular formula is C26H29N2O3P. The standard InChI is InChI=1S/C26H29N2O3P/c1-19(2)30-32(29,31-20(3)4)26(21-13-7-5-8-14-21)25(27-22-15-9-6-10-16-22)23-17-11-12-18-24(23)28-26/h5-20,28H,1-4H3. The molecule has 3 aromatic rings. The molecule has 0 fully saturated rings. The van der Waals surface area contributed by atoms with Crippen LogP contribution in [-0.4, -0.2) is 17.9 Å². The monoisotopic (exact) mass is 448 g/mol. The third-order valence-corrected chi connectivity index (χ3v) is 7.94. The van der Waals surface area contributed by atoms with Gasteiger partial charge in [-0.3, -0.25) is 4.57 Å². The highest BCUT2D eigenvalue weighted by molar-refractivity contribution is 7.56. The number of aliphatic imine (C=N–C) groups is 1. The van der Waals surface area contributed by atoms with E-state index in [0.717, 1.165) is 22.5 Å². The van der Waals surface area contributed by atoms with Crippen LogP contribution in [0.4, 0.5) is 11.4 Å². The molecule has 0 aliphatic carbocycles. The van der Waals surface area contributed by atoms with E-state index in [-0.39, 0.29) is 12.2 Å². The summed E-state index contributed by atoms with van der Waals surface area (Å²) >= 11 is 0. The van der Waals surface area contributed by atoms with Gasteiger partial charge in [-0.2, -0.15) is 0 Å². The highest BCUT2D eigenvalue weighted by atomic mass is 31.2. The van der Waals surface area contributed by atoms with Gasteiger partial charge in [-0.15, -0.1) is 0 Å². The second kappa shape index (κ2) is 9.03. The summed E-state index contributed by atoms with van der Waals surface area (Å²) in [5.74, 6) is 0. The average Bonchev–Trinajstić information content (AvgIpc) is 3.10. The zero-order chi connectivity index (χ0) is 22.8. The molecule has 1 aliphatic heterocycles. The average molecular weight is 449 g/mol. The predicted molar refractivity (Wildman–Crippen MR) is 131 cm³/mol. The van der Waals surface area contributed by atoms with Gasteiger partial charge in [0.05, 0.1) is 23.6 Å². The minimum absolute atomic E-state index is 0.316. The number of fused-ring (bicyclic) bond motifs is 1. The van der Waals surface area contributed by atoms with Crippen molar-refractivity contribution in [3.63, 3.8) is 0 Å². The molecule has 1 atom stereocenters. The fourth-order valence-corrected chi connectivity index (χ4v) is 6.63. The molecule has 1 unspecified atom stereocenters. The Hall–Kier alpha value is -2.72. The van der Waals surface area contributed by atoms with E-state index in [1.807, 2.05) is 113 Å². The number of nitrogens with zero attached hydrogens (tertiary/aromatic N) is 1. The van der Waals surface area contributed by atoms with Gasteiger partial charge in [0.2, 0.25) is 5.28 Å². The third kappa shape index (κ3) is 4.04. The number of para-hydroxylation sites is 2. The third-order valence-electron chi connectivity index (χ3n) is 5.14. The number of benzene rings is 3. The van der Waals surface area contributed by atoms with Crippen molar-refractivity contribution in [2.45, 2.75) is 45.2 Å². The molecule has 0 bridgehead atoms. The second-order valence-corrected chi connectivity index (χ2v) is 10.4. The molecule has 0 amide bonds. The van der Waals surface area contributed by atoms with Crippen LogP contribution in [0.15, 0.2) is 89.9 Å². The van der Waals surface area contributed by atoms with Crippen molar-refractivity contribution in [2.75, 3.05) is 5.32 Å². The summed E-state index contributed by atoms with van der Waals surface area (Å²) in [6, 6.07) is 27.2. The Bertz CT molecular complexity index is 1130. The summed E-state index contributed by atoms with van der Waals surface area (Å²) in [7, 11) is -3.85. The number of hydrogen-bond donors (Lipinski definition) is 1. The van der Waals surface area contributed by atoms with E-state index in [1.165, 1.54) is 0 Å². The fraction of sp³-hybridized carbons (Fsp3) is 0.269. The molecule has 166 valence electrons. The topological polar surface area (TPSA) is 59.9 Å². The van der Waals surface area contributed by atoms with Crippen molar-refractivity contribution in [3.05, 3.63) is 96.1 Å². The quantitative estimate of drug-likeness (QED) is 0.391. The van der Waals surface area contributed by atoms with Gasteiger partial charge in [0, 0.05) is 11.3 Å². The first-order valence-corrected chi connectivity index (χ1v) is 12.4. The summed E-state index contributed by atoms with van der Waals surface area (Å²) in [6.45, 7) is 7.46. The maximum absolute atomic E-state index is 14.8. The Morgan fingerprint density at radius 1 is 0.781 bits per heavy atom. The van der Waals surface area contributed by atoms with Crippen molar-refractivity contribution >= 4 is 24.7 Å². The highest BCUT2D eigenvalue weighted by Crippen LogP contribution is 2.69. The first-order chi connectivity index (χ1) is 15.4. The van der Waals surface area contributed by atoms with Crippen LogP contribution >= 0.6 is 7.60 Å². The maximum atomic E-state index is 14.8. The van der Waals surface area contributed by atoms with Crippen LogP contribution in [0.2, 0.25) is 0 Å². The lowest BCUT2D eigenvalue weighted by Crippen LogP contribution is -2.41. The minimum Gasteiger partial charge on any atom is -0.360 e. The number of anilines is 1. The number of hydrogen-bond acceptors (Lipinski definition) is 5. The normalized spacial score (nSPS) is 19.4. The summed E-state index contributed by atoms with van der Waals surface area (Å²) in [6.07, 6.45) is -0.632. The van der Waals surface area contributed by atoms with Gasteiger partial charge in [-0.1, -0.05) is 66.7 Å². The van der Waals surface area contributed by atoms with Crippen LogP contribution in [-0.2, 0) is 18.9 Å². The van der Waals surface area contributed by atoms with E-state index in [2.05, 4.69) is 5.32 Å². The zero-order valence-corrected chi connectivity index (χ0v) is 19.8. The van der Waals surface area contributed by atoms with Crippen LogP contribution in [0, 0.1) is 0 Å². The van der Waals surface area contributed by atoms with Gasteiger partial charge in [-0.05, 0) is 51.5 Å². The molecule has 1 N–H and O–H groups in total. The largest absolute Gasteiger partial charge is 0.367 e. The van der Waals surface area contributed by atoms with Crippen LogP contribution in [0.1, 0.15) is 38.8 Å². The molecule has 6 heteroatoms. The molecule has 0 aromatic heterocycles. The molecule has 1 heterocycles. The van der Waals surface area contributed by atoms with Crippen molar-refractivity contribution < 1.29 is 13.6 Å². The van der Waals surface area contributed by atoms with Crippen LogP contribution in [0.3, 0.4) is 0 Å². The molecule has 1 aliphatic rings. The molecular weight excluding hydrogens is 419 g/mol. The molecule has 4 rings (SSSR count). The molecule has 5 nitrogen and oxygen atoms in total. The molecule has 0 spiro atoms. The highest BCUT2D eigenvalue weighted by Gasteiger charge is 2.61. The molecule has 0 saturated carbocycles. The van der Waals surface area contributed by atoms with Gasteiger partial charge in [0.15, 0.2) is 0 Å². The smallest absolute Gasteiger partial charge is 0.360 e. The van der Waals surface area contributed by atoms with Crippen molar-refractivity contribution in [1.29, 1.82) is 0 Å². The lowest BCUT2D eigenvalue weighted by atomic mass is 9.99. The second-order valence-electron chi connectivity index (χ2n) is 8.35. The first-order valence-electron chi connectivity index (χ1n) is 10.9. The van der Waals surface area contributed by atoms with E-state index in [4.69, 9.17) is 14.0 Å². The Kier molecular flexibility index (Phi) is 6.34. The molecule has 0 radical (unpaired) electrons. The van der Waals surface area contributed by atoms with Crippen LogP contribution in [0.5, 0.6) is 0 Å². The molecule has 3 aromatic carbocycles. The summed E-state index contributed by atoms with van der Waals surface area (Å²) in [4.78, 5) is 5.03. The van der Waals surface area contributed by atoms with Crippen molar-refractivity contribution in [3.8, 4) is 0 Å². The maximum Gasteiger partial charge on any atom is 0.367 e. The summed E-state index contributed by atoms with van der Waals surface area (Å²) < 4.78 is 27.2. The molecule has 0 saturated heterocycles. The van der Waals surface area contributed by atoms with E-state index < -0.39 is 12.9 Å². The van der Waals surface area contributed by atoms with E-state index >= 15 is 0 Å². The first kappa shape index (κ1) is 22.5.